The molecule has 7 heteroatoms. The van der Waals surface area contributed by atoms with E-state index in [1.165, 1.54) is 16.8 Å². The summed E-state index contributed by atoms with van der Waals surface area (Å²) in [7, 11) is 3.13. The highest BCUT2D eigenvalue weighted by molar-refractivity contribution is 6.03. The van der Waals surface area contributed by atoms with Crippen molar-refractivity contribution in [1.29, 1.82) is 0 Å². The number of nitrogens with zero attached hydrogens (tertiary/aromatic N) is 2. The summed E-state index contributed by atoms with van der Waals surface area (Å²) >= 11 is 0. The van der Waals surface area contributed by atoms with Crippen LogP contribution in [0.4, 0.5) is 5.69 Å². The number of amides is 1. The third-order valence-electron chi connectivity index (χ3n) is 3.95. The van der Waals surface area contributed by atoms with E-state index in [9.17, 15) is 9.59 Å². The lowest BCUT2D eigenvalue weighted by Crippen LogP contribution is -2.29. The number of hydrogen-bond acceptors (Lipinski definition) is 5. The monoisotopic (exact) mass is 365 g/mol. The Hall–Kier alpha value is -3.61. The molecule has 27 heavy (non-hydrogen) atoms. The highest BCUT2D eigenvalue weighted by Gasteiger charge is 2.13. The Balaban J connectivity index is 1.87. The van der Waals surface area contributed by atoms with Crippen LogP contribution < -0.4 is 20.3 Å². The van der Waals surface area contributed by atoms with Crippen molar-refractivity contribution in [2.24, 2.45) is 0 Å². The molecule has 0 bridgehead atoms. The molecule has 0 unspecified atom stereocenters. The number of aromatic nitrogens is 2. The Bertz CT molecular complexity index is 977. The molecule has 1 N–H and O–H groups in total. The van der Waals surface area contributed by atoms with Crippen LogP contribution in [0.5, 0.6) is 11.5 Å². The molecule has 138 valence electrons. The highest BCUT2D eigenvalue weighted by Crippen LogP contribution is 2.22. The summed E-state index contributed by atoms with van der Waals surface area (Å²) in [6.45, 7) is 0.278. The van der Waals surface area contributed by atoms with Crippen molar-refractivity contribution < 1.29 is 14.3 Å². The van der Waals surface area contributed by atoms with Gasteiger partial charge in [-0.25, -0.2) is 0 Å². The van der Waals surface area contributed by atoms with E-state index < -0.39 is 5.91 Å². The van der Waals surface area contributed by atoms with Crippen molar-refractivity contribution in [2.45, 2.75) is 6.54 Å². The minimum absolute atomic E-state index is 0.0521. The van der Waals surface area contributed by atoms with Crippen molar-refractivity contribution in [3.63, 3.8) is 0 Å². The van der Waals surface area contributed by atoms with E-state index >= 15 is 0 Å². The fourth-order valence-electron chi connectivity index (χ4n) is 2.62. The summed E-state index contributed by atoms with van der Waals surface area (Å²) in [5.41, 5.74) is 1.00. The van der Waals surface area contributed by atoms with Crippen LogP contribution in [-0.4, -0.2) is 29.7 Å². The number of benzene rings is 1. The van der Waals surface area contributed by atoms with Crippen LogP contribution in [0.15, 0.2) is 65.8 Å². The van der Waals surface area contributed by atoms with Crippen LogP contribution >= 0.6 is 0 Å². The molecule has 2 heterocycles. The maximum absolute atomic E-state index is 12.7. The van der Waals surface area contributed by atoms with E-state index in [0.717, 1.165) is 5.56 Å². The molecule has 0 aliphatic rings. The van der Waals surface area contributed by atoms with Gasteiger partial charge in [-0.3, -0.25) is 14.6 Å². The maximum atomic E-state index is 12.7. The van der Waals surface area contributed by atoms with Crippen LogP contribution in [0.1, 0.15) is 15.9 Å². The van der Waals surface area contributed by atoms with Crippen LogP contribution in [0.2, 0.25) is 0 Å². The molecule has 0 radical (unpaired) electrons. The minimum atomic E-state index is -0.481. The topological polar surface area (TPSA) is 82.5 Å². The molecule has 0 spiro atoms. The van der Waals surface area contributed by atoms with Crippen molar-refractivity contribution in [3.05, 3.63) is 82.5 Å². The quantitative estimate of drug-likeness (QED) is 0.726. The van der Waals surface area contributed by atoms with E-state index in [4.69, 9.17) is 9.47 Å². The Labute approximate surface area is 156 Å². The zero-order valence-corrected chi connectivity index (χ0v) is 15.0. The van der Waals surface area contributed by atoms with Gasteiger partial charge in [-0.05, 0) is 42.0 Å². The predicted octanol–water partition coefficient (Wildman–Crippen LogP) is 2.56. The second kappa shape index (κ2) is 8.18. The van der Waals surface area contributed by atoms with Crippen molar-refractivity contribution in [3.8, 4) is 11.5 Å². The van der Waals surface area contributed by atoms with Crippen molar-refractivity contribution in [1.82, 2.24) is 9.55 Å². The average molecular weight is 365 g/mol. The number of methoxy groups -OCH3 is 2. The second-order valence-corrected chi connectivity index (χ2v) is 5.77. The largest absolute Gasteiger partial charge is 0.497 e. The zero-order chi connectivity index (χ0) is 19.2. The lowest BCUT2D eigenvalue weighted by Gasteiger charge is -2.11. The number of ether oxygens (including phenoxy) is 2. The zero-order valence-electron chi connectivity index (χ0n) is 15.0. The second-order valence-electron chi connectivity index (χ2n) is 5.77. The predicted molar refractivity (Wildman–Crippen MR) is 102 cm³/mol. The summed E-state index contributed by atoms with van der Waals surface area (Å²) in [6, 6.07) is 12.0. The Morgan fingerprint density at radius 2 is 1.85 bits per heavy atom. The molecule has 2 aromatic heterocycles. The number of rotatable bonds is 6. The summed E-state index contributed by atoms with van der Waals surface area (Å²) in [6.07, 6.45) is 4.75. The number of pyridine rings is 2. The standard InChI is InChI=1S/C20H19N3O4/c1-26-16-9-14(10-17(11-16)27-2)13-23-8-4-6-18(20(23)25)19(24)22-15-5-3-7-21-12-15/h3-12H,13H2,1-2H3,(H,22,24). The van der Waals surface area contributed by atoms with Crippen LogP contribution in [0.3, 0.4) is 0 Å². The van der Waals surface area contributed by atoms with Gasteiger partial charge in [-0.15, -0.1) is 0 Å². The number of carbonyl (C=O) groups is 1. The van der Waals surface area contributed by atoms with Gasteiger partial charge in [0.05, 0.1) is 32.6 Å². The molecule has 0 aliphatic carbocycles. The van der Waals surface area contributed by atoms with E-state index in [-0.39, 0.29) is 17.7 Å². The first-order chi connectivity index (χ1) is 13.1. The summed E-state index contributed by atoms with van der Waals surface area (Å²) in [4.78, 5) is 29.1. The normalized spacial score (nSPS) is 10.3. The van der Waals surface area contributed by atoms with E-state index in [1.54, 1.807) is 50.9 Å². The van der Waals surface area contributed by atoms with Gasteiger partial charge >= 0.3 is 0 Å². The minimum Gasteiger partial charge on any atom is -0.497 e. The Morgan fingerprint density at radius 1 is 1.11 bits per heavy atom. The van der Waals surface area contributed by atoms with Crippen LogP contribution in [-0.2, 0) is 6.54 Å². The van der Waals surface area contributed by atoms with Crippen LogP contribution in [0, 0.1) is 0 Å². The molecule has 0 saturated carbocycles. The van der Waals surface area contributed by atoms with Gasteiger partial charge in [0.25, 0.3) is 11.5 Å². The molecule has 0 saturated heterocycles. The maximum Gasteiger partial charge on any atom is 0.263 e. The van der Waals surface area contributed by atoms with Gasteiger partial charge in [0.1, 0.15) is 17.1 Å². The summed E-state index contributed by atoms with van der Waals surface area (Å²) in [5, 5.41) is 2.67. The lowest BCUT2D eigenvalue weighted by molar-refractivity contribution is 0.102. The molecule has 1 amide bonds. The molecule has 3 rings (SSSR count). The first kappa shape index (κ1) is 18.2. The number of nitrogens with one attached hydrogen (secondary N) is 1. The number of carbonyl (C=O) groups excluding carboxylic acids is 1. The van der Waals surface area contributed by atoms with Gasteiger partial charge in [0.15, 0.2) is 0 Å². The molecule has 0 fully saturated rings. The van der Waals surface area contributed by atoms with E-state index in [2.05, 4.69) is 10.3 Å². The Morgan fingerprint density at radius 3 is 2.48 bits per heavy atom. The van der Waals surface area contributed by atoms with Gasteiger partial charge in [0.2, 0.25) is 0 Å². The molecular weight excluding hydrogens is 346 g/mol. The van der Waals surface area contributed by atoms with Gasteiger partial charge < -0.3 is 19.4 Å². The lowest BCUT2D eigenvalue weighted by atomic mass is 10.2. The fourth-order valence-corrected chi connectivity index (χ4v) is 2.62. The molecule has 3 aromatic rings. The third-order valence-corrected chi connectivity index (χ3v) is 3.95. The van der Waals surface area contributed by atoms with Crippen molar-refractivity contribution >= 4 is 11.6 Å². The van der Waals surface area contributed by atoms with Gasteiger partial charge in [-0.2, -0.15) is 0 Å². The highest BCUT2D eigenvalue weighted by atomic mass is 16.5. The number of anilines is 1. The Kier molecular flexibility index (Phi) is 5.51. The van der Waals surface area contributed by atoms with Gasteiger partial charge in [-0.1, -0.05) is 0 Å². The van der Waals surface area contributed by atoms with E-state index in [1.807, 2.05) is 12.1 Å². The average Bonchev–Trinajstić information content (AvgIpc) is 2.70. The molecular formula is C20H19N3O4. The fraction of sp³-hybridized carbons (Fsp3) is 0.150. The van der Waals surface area contributed by atoms with Crippen molar-refractivity contribution in [2.75, 3.05) is 19.5 Å². The van der Waals surface area contributed by atoms with Crippen LogP contribution in [0.25, 0.3) is 0 Å². The molecule has 0 atom stereocenters. The summed E-state index contributed by atoms with van der Waals surface area (Å²) in [5.74, 6) is 0.774. The smallest absolute Gasteiger partial charge is 0.263 e. The summed E-state index contributed by atoms with van der Waals surface area (Å²) < 4.78 is 12.0. The molecule has 7 nitrogen and oxygen atoms in total. The first-order valence-electron chi connectivity index (χ1n) is 8.23. The molecule has 1 aromatic carbocycles. The molecule has 0 aliphatic heterocycles. The first-order valence-corrected chi connectivity index (χ1v) is 8.23. The SMILES string of the molecule is COc1cc(Cn2cccc(C(=O)Nc3cccnc3)c2=O)cc(OC)c1. The number of hydrogen-bond donors (Lipinski definition) is 1. The third kappa shape index (κ3) is 4.33. The van der Waals surface area contributed by atoms with E-state index in [0.29, 0.717) is 17.2 Å². The van der Waals surface area contributed by atoms with Gasteiger partial charge in [0, 0.05) is 18.5 Å².